The van der Waals surface area contributed by atoms with Crippen LogP contribution in [0.25, 0.3) is 31.5 Å². The molecule has 8 aromatic rings. The fraction of sp³-hybridized carbons (Fsp3) is 0.282. The van der Waals surface area contributed by atoms with Crippen LogP contribution in [0.3, 0.4) is 0 Å². The summed E-state index contributed by atoms with van der Waals surface area (Å²) in [6.07, 6.45) is 14.2. The van der Waals surface area contributed by atoms with Crippen LogP contribution in [0.4, 0.5) is 23.0 Å². The Labute approximate surface area is 348 Å². The Bertz CT molecular complexity index is 2870. The molecule has 296 valence electrons. The molecule has 0 aliphatic heterocycles. The van der Waals surface area contributed by atoms with Gasteiger partial charge in [-0.25, -0.2) is 29.0 Å². The molecule has 8 aromatic heterocycles. The van der Waals surface area contributed by atoms with Gasteiger partial charge in [0.25, 0.3) is 0 Å². The first-order valence-corrected chi connectivity index (χ1v) is 20.9. The van der Waals surface area contributed by atoms with Gasteiger partial charge in [-0.3, -0.25) is 9.59 Å². The summed E-state index contributed by atoms with van der Waals surface area (Å²) in [5, 5.41) is 36.6. The Hall–Kier alpha value is -5.46. The van der Waals surface area contributed by atoms with E-state index in [1.165, 1.54) is 16.8 Å². The molecule has 0 radical (unpaired) electrons. The average molecular weight is 857 g/mol. The standard InChI is InChI=1S/C21H21ClN6O2S.C18H14ClN5O2S/c1-27(6-7-29)21(30)12-2-3-14-17(8-12)31-20-18(14)19(23-11-24-20)26-16-9-13-4-5-25-28(13)10-15(16)22;19-12-7-24-10(3-4-22-24)6-13(12)23-16-15-11-2-1-9(18(25)26)5-14(11)27-17(15)21-8-20-16/h4-5,9-12,29H,2-3,6-8H2,1H3,(H,23,24,26);3-4,6-9H,1-2,5H2,(H,25,26)(H,20,21,23)/t12-;9-/m00/s1. The number of carboxylic acids is 1. The van der Waals surface area contributed by atoms with Crippen molar-refractivity contribution >= 4 is 112 Å². The summed E-state index contributed by atoms with van der Waals surface area (Å²) in [5.74, 6) is 0.368. The number of nitrogens with zero attached hydrogens (tertiary/aromatic N) is 9. The van der Waals surface area contributed by atoms with Crippen molar-refractivity contribution in [1.82, 2.24) is 44.1 Å². The number of rotatable bonds is 8. The van der Waals surface area contributed by atoms with E-state index in [1.807, 2.05) is 24.3 Å². The molecule has 15 nitrogen and oxygen atoms in total. The quantitative estimate of drug-likeness (QED) is 0.120. The fourth-order valence-corrected chi connectivity index (χ4v) is 10.7. The maximum Gasteiger partial charge on any atom is 0.306 e. The van der Waals surface area contributed by atoms with Crippen LogP contribution in [0.1, 0.15) is 33.7 Å². The number of aromatic nitrogens is 8. The molecule has 1 amide bonds. The Balaban J connectivity index is 0.000000152. The summed E-state index contributed by atoms with van der Waals surface area (Å²) >= 11 is 16.0. The van der Waals surface area contributed by atoms with E-state index in [0.29, 0.717) is 48.1 Å². The van der Waals surface area contributed by atoms with Crippen LogP contribution in [0.15, 0.2) is 61.7 Å². The molecule has 0 saturated heterocycles. The van der Waals surface area contributed by atoms with Crippen molar-refractivity contribution in [2.75, 3.05) is 30.8 Å². The predicted molar refractivity (Wildman–Crippen MR) is 225 cm³/mol. The molecule has 58 heavy (non-hydrogen) atoms. The zero-order chi connectivity index (χ0) is 40.1. The first-order valence-electron chi connectivity index (χ1n) is 18.5. The van der Waals surface area contributed by atoms with Crippen molar-refractivity contribution in [1.29, 1.82) is 0 Å². The maximum atomic E-state index is 12.7. The molecule has 0 unspecified atom stereocenters. The van der Waals surface area contributed by atoms with E-state index < -0.39 is 5.97 Å². The number of amides is 1. The lowest BCUT2D eigenvalue weighted by atomic mass is 9.87. The van der Waals surface area contributed by atoms with Gasteiger partial charge in [0.2, 0.25) is 5.91 Å². The largest absolute Gasteiger partial charge is 0.481 e. The van der Waals surface area contributed by atoms with Gasteiger partial charge in [-0.1, -0.05) is 23.2 Å². The zero-order valence-electron chi connectivity index (χ0n) is 30.9. The van der Waals surface area contributed by atoms with E-state index in [-0.39, 0.29) is 24.3 Å². The van der Waals surface area contributed by atoms with E-state index in [0.717, 1.165) is 71.9 Å². The second kappa shape index (κ2) is 15.7. The van der Waals surface area contributed by atoms with Gasteiger partial charge in [-0.2, -0.15) is 10.2 Å². The molecule has 8 heterocycles. The Morgan fingerprint density at radius 3 is 1.81 bits per heavy atom. The number of carbonyl (C=O) groups excluding carboxylic acids is 1. The third kappa shape index (κ3) is 7.17. The summed E-state index contributed by atoms with van der Waals surface area (Å²) in [7, 11) is 1.74. The van der Waals surface area contributed by atoms with Crippen molar-refractivity contribution in [3.05, 3.63) is 92.6 Å². The van der Waals surface area contributed by atoms with Gasteiger partial charge in [0.05, 0.1) is 55.8 Å². The second-order valence-electron chi connectivity index (χ2n) is 14.2. The molecule has 0 saturated carbocycles. The number of nitrogens with one attached hydrogen (secondary N) is 2. The number of pyridine rings is 2. The Morgan fingerprint density at radius 2 is 1.31 bits per heavy atom. The number of hydrogen-bond donors (Lipinski definition) is 4. The van der Waals surface area contributed by atoms with Gasteiger partial charge >= 0.3 is 5.97 Å². The number of carboxylic acid groups (broad SMARTS) is 1. The highest BCUT2D eigenvalue weighted by molar-refractivity contribution is 7.19. The van der Waals surface area contributed by atoms with Crippen molar-refractivity contribution in [2.45, 2.75) is 38.5 Å². The number of aliphatic carboxylic acids is 1. The van der Waals surface area contributed by atoms with Crippen LogP contribution in [0.5, 0.6) is 0 Å². The van der Waals surface area contributed by atoms with Gasteiger partial charge in [-0.15, -0.1) is 22.7 Å². The minimum atomic E-state index is -0.733. The lowest BCUT2D eigenvalue weighted by Crippen LogP contribution is -2.37. The molecule has 0 fully saturated rings. The predicted octanol–water partition coefficient (Wildman–Crippen LogP) is 7.22. The minimum absolute atomic E-state index is 0.0264. The van der Waals surface area contributed by atoms with Crippen LogP contribution in [0.2, 0.25) is 10.0 Å². The monoisotopic (exact) mass is 855 g/mol. The van der Waals surface area contributed by atoms with E-state index >= 15 is 0 Å². The van der Waals surface area contributed by atoms with Gasteiger partial charge in [0.1, 0.15) is 34.0 Å². The number of aliphatic hydroxyl groups excluding tert-OH is 1. The summed E-state index contributed by atoms with van der Waals surface area (Å²) < 4.78 is 3.43. The van der Waals surface area contributed by atoms with Crippen LogP contribution in [0, 0.1) is 11.8 Å². The average Bonchev–Trinajstić information content (AvgIpc) is 4.02. The molecule has 0 bridgehead atoms. The third-order valence-electron chi connectivity index (χ3n) is 10.7. The lowest BCUT2D eigenvalue weighted by molar-refractivity contribution is -0.142. The number of fused-ring (bicyclic) bond motifs is 8. The summed E-state index contributed by atoms with van der Waals surface area (Å²) in [6, 6.07) is 7.67. The number of thiophene rings is 2. The molecule has 19 heteroatoms. The number of aliphatic hydroxyl groups is 1. The number of aryl methyl sites for hydroxylation is 2. The van der Waals surface area contributed by atoms with Gasteiger partial charge < -0.3 is 25.7 Å². The number of anilines is 4. The molecule has 4 N–H and O–H groups in total. The van der Waals surface area contributed by atoms with E-state index in [4.69, 9.17) is 28.3 Å². The first-order chi connectivity index (χ1) is 28.1. The number of likely N-dealkylation sites (N-methyl/N-ethyl adjacent to an activating group) is 1. The topological polar surface area (TPSA) is 188 Å². The highest BCUT2D eigenvalue weighted by atomic mass is 35.5. The van der Waals surface area contributed by atoms with Crippen molar-refractivity contribution in [3.8, 4) is 0 Å². The van der Waals surface area contributed by atoms with Crippen LogP contribution >= 0.6 is 45.9 Å². The van der Waals surface area contributed by atoms with Crippen LogP contribution < -0.4 is 10.6 Å². The van der Waals surface area contributed by atoms with E-state index in [2.05, 4.69) is 40.8 Å². The zero-order valence-corrected chi connectivity index (χ0v) is 34.0. The number of carbonyl (C=O) groups is 2. The highest BCUT2D eigenvalue weighted by Gasteiger charge is 2.31. The first kappa shape index (κ1) is 38.1. The van der Waals surface area contributed by atoms with E-state index in [1.54, 1.807) is 74.8 Å². The van der Waals surface area contributed by atoms with Gasteiger partial charge in [0, 0.05) is 54.1 Å². The molecule has 0 spiro atoms. The number of hydrogen-bond acceptors (Lipinski definition) is 13. The van der Waals surface area contributed by atoms with Crippen molar-refractivity contribution < 1.29 is 19.8 Å². The molecular weight excluding hydrogens is 822 g/mol. The lowest BCUT2D eigenvalue weighted by Gasteiger charge is -2.26. The maximum absolute atomic E-state index is 12.7. The minimum Gasteiger partial charge on any atom is -0.481 e. The third-order valence-corrected chi connectivity index (χ3v) is 13.6. The molecule has 2 aliphatic carbocycles. The summed E-state index contributed by atoms with van der Waals surface area (Å²) in [6.45, 7) is 0.331. The van der Waals surface area contributed by atoms with Crippen LogP contribution in [-0.4, -0.2) is 86.4 Å². The summed E-state index contributed by atoms with van der Waals surface area (Å²) in [5.41, 5.74) is 5.70. The highest BCUT2D eigenvalue weighted by Crippen LogP contribution is 2.43. The Morgan fingerprint density at radius 1 is 0.810 bits per heavy atom. The van der Waals surface area contributed by atoms with Crippen molar-refractivity contribution in [2.24, 2.45) is 11.8 Å². The smallest absolute Gasteiger partial charge is 0.306 e. The van der Waals surface area contributed by atoms with Gasteiger partial charge in [0.15, 0.2) is 0 Å². The normalized spacial score (nSPS) is 16.2. The van der Waals surface area contributed by atoms with Crippen LogP contribution in [-0.2, 0) is 35.3 Å². The molecule has 2 atom stereocenters. The molecule has 0 aromatic carbocycles. The summed E-state index contributed by atoms with van der Waals surface area (Å²) in [4.78, 5) is 47.5. The fourth-order valence-electron chi connectivity index (χ4n) is 7.73. The molecule has 2 aliphatic rings. The Kier molecular flexibility index (Phi) is 10.3. The SMILES string of the molecule is CN(CCO)C(=O)[C@H]1CCc2c(sc3ncnc(Nc4cc5ccnn5cc4Cl)c23)C1.O=C(O)[C@H]1CCc2c(sc3ncnc(Nc4cc5ccnn5cc4Cl)c23)C1. The number of halogens is 2. The molecular formula is C39H35Cl2N11O4S2. The van der Waals surface area contributed by atoms with Crippen molar-refractivity contribution in [3.63, 3.8) is 0 Å². The van der Waals surface area contributed by atoms with Gasteiger partial charge in [-0.05, 0) is 73.9 Å². The van der Waals surface area contributed by atoms with E-state index in [9.17, 15) is 14.7 Å². The molecule has 10 rings (SSSR count). The second-order valence-corrected chi connectivity index (χ2v) is 17.2.